The molecule has 0 aliphatic rings. The van der Waals surface area contributed by atoms with E-state index in [9.17, 15) is 16.5 Å². The van der Waals surface area contributed by atoms with Gasteiger partial charge in [-0.25, -0.2) is 4.21 Å². The second-order valence-corrected chi connectivity index (χ2v) is 8.73. The van der Waals surface area contributed by atoms with Crippen LogP contribution in [0.3, 0.4) is 0 Å². The molecule has 0 saturated heterocycles. The van der Waals surface area contributed by atoms with E-state index in [4.69, 9.17) is 15.6 Å². The average Bonchev–Trinajstić information content (AvgIpc) is 2.35. The Balaban J connectivity index is 0. The van der Waals surface area contributed by atoms with Gasteiger partial charge in [-0.3, -0.25) is 9.57 Å². The van der Waals surface area contributed by atoms with E-state index in [1.54, 1.807) is 0 Å². The molecule has 8 nitrogen and oxygen atoms in total. The van der Waals surface area contributed by atoms with Gasteiger partial charge >= 0.3 is 48.2 Å². The number of aliphatic carboxylic acids is 1. The maximum absolute atomic E-state index is 11.5. The molecule has 0 amide bonds. The molecule has 0 aliphatic carbocycles. The molecule has 0 saturated carbocycles. The molecule has 11 heteroatoms. The molecular formula is C8H18As2N2O6S. The van der Waals surface area contributed by atoms with Crippen LogP contribution in [0.2, 0.25) is 0 Å². The third kappa shape index (κ3) is 16.0. The molecule has 112 valence electrons. The zero-order valence-corrected chi connectivity index (χ0v) is 15.1. The molecule has 0 aromatic rings. The Labute approximate surface area is 126 Å². The fourth-order valence-corrected chi connectivity index (χ4v) is 2.88. The van der Waals surface area contributed by atoms with Crippen LogP contribution in [-0.2, 0) is 24.7 Å². The number of hydrogen-bond acceptors (Lipinski definition) is 7. The molecule has 0 bridgehead atoms. The number of rotatable bonds is 9. The summed E-state index contributed by atoms with van der Waals surface area (Å²) in [6, 6.07) is -0.997. The summed E-state index contributed by atoms with van der Waals surface area (Å²) >= 11 is -2.61. The van der Waals surface area contributed by atoms with Crippen LogP contribution >= 0.6 is 0 Å². The van der Waals surface area contributed by atoms with Crippen LogP contribution in [-0.4, -0.2) is 64.9 Å². The molecule has 0 rings (SSSR count). The van der Waals surface area contributed by atoms with Crippen LogP contribution in [0.4, 0.5) is 0 Å². The van der Waals surface area contributed by atoms with Gasteiger partial charge in [0.15, 0.2) is 0 Å². The minimum absolute atomic E-state index is 0.0838. The van der Waals surface area contributed by atoms with Crippen molar-refractivity contribution in [1.29, 1.82) is 4.78 Å². The molecule has 0 heterocycles. The van der Waals surface area contributed by atoms with Crippen molar-refractivity contribution in [3.8, 4) is 0 Å². The number of carboxylic acid groups (broad SMARTS) is 1. The first-order valence-electron chi connectivity index (χ1n) is 5.34. The molecule has 2 atom stereocenters. The number of carboxylic acids is 1. The Morgan fingerprint density at radius 1 is 1.42 bits per heavy atom. The molecule has 0 aliphatic heterocycles. The number of carbonyl (C=O) groups is 1. The van der Waals surface area contributed by atoms with E-state index in [-0.39, 0.29) is 12.2 Å². The van der Waals surface area contributed by atoms with Crippen LogP contribution in [0.15, 0.2) is 0 Å². The van der Waals surface area contributed by atoms with Gasteiger partial charge in [0.25, 0.3) is 0 Å². The molecule has 0 radical (unpaired) electrons. The normalized spacial score (nSPS) is 15.3. The van der Waals surface area contributed by atoms with Gasteiger partial charge in [0, 0.05) is 21.2 Å². The Kier molecular flexibility index (Phi) is 14.7. The summed E-state index contributed by atoms with van der Waals surface area (Å²) in [5.74, 6) is -0.674. The van der Waals surface area contributed by atoms with Crippen molar-refractivity contribution in [1.82, 2.24) is 0 Å². The second-order valence-electron chi connectivity index (χ2n) is 3.54. The molecule has 0 fully saturated rings. The van der Waals surface area contributed by atoms with E-state index < -0.39 is 53.8 Å². The number of nitrogens with one attached hydrogen (secondary N) is 1. The van der Waals surface area contributed by atoms with Gasteiger partial charge in [-0.15, -0.1) is 0 Å². The first kappa shape index (κ1) is 21.4. The molecular weight excluding hydrogens is 402 g/mol. The first-order valence-corrected chi connectivity index (χ1v) is 10.3. The summed E-state index contributed by atoms with van der Waals surface area (Å²) in [4.78, 5) is 10.4. The van der Waals surface area contributed by atoms with Gasteiger partial charge in [-0.05, 0) is 12.8 Å². The molecule has 19 heavy (non-hydrogen) atoms. The quantitative estimate of drug-likeness (QED) is 0.429. The molecule has 0 aromatic heterocycles. The van der Waals surface area contributed by atoms with Gasteiger partial charge in [-0.2, -0.15) is 0 Å². The third-order valence-corrected chi connectivity index (χ3v) is 5.55. The SMILES string of the molecule is CCCCS(=N)(=O)CCC(N)C(=O)O.O=[As]O[As]=O. The average molecular weight is 420 g/mol. The maximum atomic E-state index is 11.5. The summed E-state index contributed by atoms with van der Waals surface area (Å²) in [6.45, 7) is 1.96. The van der Waals surface area contributed by atoms with Crippen molar-refractivity contribution >= 4 is 47.8 Å². The zero-order valence-electron chi connectivity index (χ0n) is 10.5. The van der Waals surface area contributed by atoms with Crippen molar-refractivity contribution in [3.05, 3.63) is 0 Å². The summed E-state index contributed by atoms with van der Waals surface area (Å²) in [5, 5.41) is 8.48. The molecule has 2 unspecified atom stereocenters. The van der Waals surface area contributed by atoms with Crippen LogP contribution in [0.25, 0.3) is 0 Å². The van der Waals surface area contributed by atoms with Crippen LogP contribution in [0.1, 0.15) is 26.2 Å². The van der Waals surface area contributed by atoms with Crippen molar-refractivity contribution in [3.63, 3.8) is 0 Å². The van der Waals surface area contributed by atoms with E-state index in [0.29, 0.717) is 5.75 Å². The van der Waals surface area contributed by atoms with Crippen molar-refractivity contribution in [2.24, 2.45) is 5.73 Å². The monoisotopic (exact) mass is 420 g/mol. The van der Waals surface area contributed by atoms with E-state index in [2.05, 4.69) is 2.72 Å². The topological polar surface area (TPSA) is 148 Å². The van der Waals surface area contributed by atoms with E-state index in [1.165, 1.54) is 0 Å². The van der Waals surface area contributed by atoms with Crippen molar-refractivity contribution in [2.75, 3.05) is 11.5 Å². The van der Waals surface area contributed by atoms with Gasteiger partial charge in [0.05, 0.1) is 0 Å². The van der Waals surface area contributed by atoms with Crippen LogP contribution in [0, 0.1) is 4.78 Å². The van der Waals surface area contributed by atoms with Crippen molar-refractivity contribution in [2.45, 2.75) is 32.2 Å². The van der Waals surface area contributed by atoms with Crippen molar-refractivity contribution < 1.29 is 24.3 Å². The minimum atomic E-state index is -2.62. The van der Waals surface area contributed by atoms with E-state index >= 15 is 0 Å². The number of nitrogens with two attached hydrogens (primary N) is 1. The van der Waals surface area contributed by atoms with Gasteiger partial charge in [-0.1, -0.05) is 13.3 Å². The Morgan fingerprint density at radius 3 is 2.26 bits per heavy atom. The standard InChI is InChI=1S/C8H18N2O3S.As2O3/c1-2-3-5-14(10,13)6-4-7(9)8(11)12;3-1-5-2-4/h7,10H,2-6,9H2,1H3,(H,11,12);. The summed E-state index contributed by atoms with van der Waals surface area (Å²) in [5.41, 5.74) is 5.24. The third-order valence-electron chi connectivity index (χ3n) is 1.97. The Morgan fingerprint density at radius 2 is 1.95 bits per heavy atom. The fraction of sp³-hybridized carbons (Fsp3) is 0.875. The van der Waals surface area contributed by atoms with Gasteiger partial charge in [0.2, 0.25) is 0 Å². The predicted octanol–water partition coefficient (Wildman–Crippen LogP) is -0.432. The van der Waals surface area contributed by atoms with Gasteiger partial charge < -0.3 is 10.8 Å². The van der Waals surface area contributed by atoms with Crippen LogP contribution < -0.4 is 5.73 Å². The summed E-state index contributed by atoms with van der Waals surface area (Å²) in [6.07, 6.45) is 1.74. The van der Waals surface area contributed by atoms with E-state index in [1.807, 2.05) is 6.92 Å². The summed E-state index contributed by atoms with van der Waals surface area (Å²) < 4.78 is 41.3. The number of hydrogen-bond donors (Lipinski definition) is 3. The Hall–Kier alpha value is 0.0569. The first-order chi connectivity index (χ1) is 8.80. The zero-order chi connectivity index (χ0) is 15.3. The fourth-order valence-electron chi connectivity index (χ4n) is 0.934. The molecule has 4 N–H and O–H groups in total. The van der Waals surface area contributed by atoms with Gasteiger partial charge in [0.1, 0.15) is 6.04 Å². The predicted molar refractivity (Wildman–Crippen MR) is 69.7 cm³/mol. The summed E-state index contributed by atoms with van der Waals surface area (Å²) in [7, 11) is -2.62. The second kappa shape index (κ2) is 13.1. The Bertz CT molecular complexity index is 369. The molecule has 0 aromatic carbocycles. The van der Waals surface area contributed by atoms with Crippen LogP contribution in [0.5, 0.6) is 0 Å². The number of unbranched alkanes of at least 4 members (excludes halogenated alkanes) is 1. The van der Waals surface area contributed by atoms with E-state index in [0.717, 1.165) is 12.8 Å². The molecule has 0 spiro atoms.